The zero-order valence-electron chi connectivity index (χ0n) is 11.6. The molecule has 3 amide bonds. The molecule has 0 spiro atoms. The molecule has 0 bridgehead atoms. The van der Waals surface area contributed by atoms with Crippen molar-refractivity contribution < 1.29 is 9.59 Å². The van der Waals surface area contributed by atoms with Crippen molar-refractivity contribution in [3.05, 3.63) is 41.5 Å². The number of hydrogen-bond donors (Lipinski definition) is 3. The van der Waals surface area contributed by atoms with Crippen molar-refractivity contribution >= 4 is 34.0 Å². The number of hydrogen-bond acceptors (Lipinski definition) is 4. The van der Waals surface area contributed by atoms with Crippen molar-refractivity contribution in [3.63, 3.8) is 0 Å². The molecule has 0 unspecified atom stereocenters. The van der Waals surface area contributed by atoms with Gasteiger partial charge in [-0.1, -0.05) is 0 Å². The zero-order valence-corrected chi connectivity index (χ0v) is 12.4. The van der Waals surface area contributed by atoms with Crippen LogP contribution in [0.4, 0.5) is 15.5 Å². The normalized spacial score (nSPS) is 9.95. The van der Waals surface area contributed by atoms with E-state index in [9.17, 15) is 9.59 Å². The Morgan fingerprint density at radius 2 is 1.90 bits per heavy atom. The molecule has 0 aliphatic heterocycles. The van der Waals surface area contributed by atoms with Crippen LogP contribution in [-0.4, -0.2) is 23.5 Å². The van der Waals surface area contributed by atoms with E-state index in [2.05, 4.69) is 20.9 Å². The highest BCUT2D eigenvalue weighted by Crippen LogP contribution is 2.20. The van der Waals surface area contributed by atoms with E-state index in [4.69, 9.17) is 0 Å². The molecule has 0 aliphatic carbocycles. The number of urea groups is 1. The number of rotatable bonds is 5. The molecule has 2 rings (SSSR count). The van der Waals surface area contributed by atoms with Crippen LogP contribution < -0.4 is 16.0 Å². The fourth-order valence-electron chi connectivity index (χ4n) is 1.61. The highest BCUT2D eigenvalue weighted by Gasteiger charge is 2.05. The first-order chi connectivity index (χ1) is 10.1. The monoisotopic (exact) mass is 304 g/mol. The number of carbonyl (C=O) groups is 2. The second-order valence-corrected chi connectivity index (χ2v) is 5.61. The maximum atomic E-state index is 11.7. The first-order valence-corrected chi connectivity index (χ1v) is 7.26. The van der Waals surface area contributed by atoms with Gasteiger partial charge in [0.25, 0.3) is 0 Å². The summed E-state index contributed by atoms with van der Waals surface area (Å²) in [6.07, 6.45) is 3.41. The molecule has 0 saturated heterocycles. The highest BCUT2D eigenvalue weighted by atomic mass is 32.1. The smallest absolute Gasteiger partial charge is 0.319 e. The largest absolute Gasteiger partial charge is 0.337 e. The van der Waals surface area contributed by atoms with E-state index in [1.165, 1.54) is 11.3 Å². The molecule has 0 aliphatic rings. The summed E-state index contributed by atoms with van der Waals surface area (Å²) in [5, 5.41) is 8.86. The lowest BCUT2D eigenvalue weighted by Gasteiger charge is -2.07. The SMILES string of the molecule is Cc1ccc(NC(=O)NCCC(=O)Nc2ccncc2)s1. The molecule has 2 aromatic rings. The molecule has 0 fully saturated rings. The predicted molar refractivity (Wildman–Crippen MR) is 83.6 cm³/mol. The lowest BCUT2D eigenvalue weighted by atomic mass is 10.3. The van der Waals surface area contributed by atoms with Gasteiger partial charge in [-0.2, -0.15) is 0 Å². The molecule has 2 aromatic heterocycles. The molecule has 7 heteroatoms. The Hall–Kier alpha value is -2.41. The Balaban J connectivity index is 1.67. The summed E-state index contributed by atoms with van der Waals surface area (Å²) in [5.74, 6) is -0.159. The van der Waals surface area contributed by atoms with E-state index < -0.39 is 0 Å². The fourth-order valence-corrected chi connectivity index (χ4v) is 2.37. The quantitative estimate of drug-likeness (QED) is 0.794. The third kappa shape index (κ3) is 5.23. The summed E-state index contributed by atoms with van der Waals surface area (Å²) < 4.78 is 0. The predicted octanol–water partition coefficient (Wildman–Crippen LogP) is 2.60. The van der Waals surface area contributed by atoms with Gasteiger partial charge in [0.1, 0.15) is 0 Å². The number of nitrogens with one attached hydrogen (secondary N) is 3. The minimum atomic E-state index is -0.312. The standard InChI is InChI=1S/C14H16N4O2S/c1-10-2-3-13(21-10)18-14(20)16-9-6-12(19)17-11-4-7-15-8-5-11/h2-5,7-8H,6,9H2,1H3,(H,15,17,19)(H2,16,18,20). The lowest BCUT2D eigenvalue weighted by molar-refractivity contribution is -0.116. The van der Waals surface area contributed by atoms with Crippen LogP contribution in [0.3, 0.4) is 0 Å². The van der Waals surface area contributed by atoms with Crippen LogP contribution in [-0.2, 0) is 4.79 Å². The van der Waals surface area contributed by atoms with E-state index in [1.807, 2.05) is 19.1 Å². The van der Waals surface area contributed by atoms with E-state index >= 15 is 0 Å². The minimum Gasteiger partial charge on any atom is -0.337 e. The third-order valence-electron chi connectivity index (χ3n) is 2.58. The van der Waals surface area contributed by atoms with Crippen LogP contribution >= 0.6 is 11.3 Å². The van der Waals surface area contributed by atoms with Crippen molar-refractivity contribution in [2.24, 2.45) is 0 Å². The van der Waals surface area contributed by atoms with Gasteiger partial charge in [-0.15, -0.1) is 11.3 Å². The molecule has 21 heavy (non-hydrogen) atoms. The Morgan fingerprint density at radius 1 is 1.14 bits per heavy atom. The molecule has 110 valence electrons. The van der Waals surface area contributed by atoms with Gasteiger partial charge < -0.3 is 10.6 Å². The van der Waals surface area contributed by atoms with Crippen molar-refractivity contribution in [1.82, 2.24) is 10.3 Å². The van der Waals surface area contributed by atoms with Gasteiger partial charge in [-0.25, -0.2) is 4.79 Å². The van der Waals surface area contributed by atoms with Gasteiger partial charge in [0.2, 0.25) is 5.91 Å². The highest BCUT2D eigenvalue weighted by molar-refractivity contribution is 7.16. The van der Waals surface area contributed by atoms with Gasteiger partial charge in [0.15, 0.2) is 0 Å². The average Bonchev–Trinajstić information content (AvgIpc) is 2.85. The third-order valence-corrected chi connectivity index (χ3v) is 3.49. The van der Waals surface area contributed by atoms with Crippen LogP contribution in [0.5, 0.6) is 0 Å². The topological polar surface area (TPSA) is 83.1 Å². The maximum Gasteiger partial charge on any atom is 0.319 e. The first kappa shape index (κ1) is 15.0. The van der Waals surface area contributed by atoms with E-state index in [-0.39, 0.29) is 24.9 Å². The summed E-state index contributed by atoms with van der Waals surface area (Å²) in [7, 11) is 0. The molecule has 3 N–H and O–H groups in total. The Morgan fingerprint density at radius 3 is 2.57 bits per heavy atom. The van der Waals surface area contributed by atoms with Crippen molar-refractivity contribution in [3.8, 4) is 0 Å². The van der Waals surface area contributed by atoms with Gasteiger partial charge in [-0.05, 0) is 31.2 Å². The van der Waals surface area contributed by atoms with E-state index in [0.717, 1.165) is 9.88 Å². The Kier molecular flexibility index (Phi) is 5.28. The number of thiophene rings is 1. The summed E-state index contributed by atoms with van der Waals surface area (Å²) >= 11 is 1.50. The molecule has 2 heterocycles. The van der Waals surface area contributed by atoms with Crippen molar-refractivity contribution in [2.75, 3.05) is 17.2 Å². The number of pyridine rings is 1. The Labute approximate surface area is 126 Å². The average molecular weight is 304 g/mol. The molecule has 0 saturated carbocycles. The fraction of sp³-hybridized carbons (Fsp3) is 0.214. The van der Waals surface area contributed by atoms with Crippen LogP contribution in [0.1, 0.15) is 11.3 Å². The van der Waals surface area contributed by atoms with Gasteiger partial charge in [0.05, 0.1) is 5.00 Å². The Bertz CT molecular complexity index is 612. The number of amides is 3. The molecular formula is C14H16N4O2S. The van der Waals surface area contributed by atoms with Gasteiger partial charge >= 0.3 is 6.03 Å². The second kappa shape index (κ2) is 7.39. The van der Waals surface area contributed by atoms with E-state index in [0.29, 0.717) is 5.69 Å². The summed E-state index contributed by atoms with van der Waals surface area (Å²) in [6, 6.07) is 6.88. The number of nitrogens with zero attached hydrogens (tertiary/aromatic N) is 1. The number of aromatic nitrogens is 1. The minimum absolute atomic E-state index is 0.159. The maximum absolute atomic E-state index is 11.7. The number of carbonyl (C=O) groups excluding carboxylic acids is 2. The molecule has 0 aromatic carbocycles. The number of aryl methyl sites for hydroxylation is 1. The summed E-state index contributed by atoms with van der Waals surface area (Å²) in [5.41, 5.74) is 0.688. The molecular weight excluding hydrogens is 288 g/mol. The lowest BCUT2D eigenvalue weighted by Crippen LogP contribution is -2.31. The van der Waals surface area contributed by atoms with Gasteiger partial charge in [-0.3, -0.25) is 15.1 Å². The van der Waals surface area contributed by atoms with Gasteiger partial charge in [0, 0.05) is 35.9 Å². The zero-order chi connectivity index (χ0) is 15.1. The first-order valence-electron chi connectivity index (χ1n) is 6.44. The molecule has 0 atom stereocenters. The van der Waals surface area contributed by atoms with Crippen LogP contribution in [0.25, 0.3) is 0 Å². The summed E-state index contributed by atoms with van der Waals surface area (Å²) in [6.45, 7) is 2.24. The molecule has 0 radical (unpaired) electrons. The van der Waals surface area contributed by atoms with E-state index in [1.54, 1.807) is 24.5 Å². The van der Waals surface area contributed by atoms with Crippen molar-refractivity contribution in [1.29, 1.82) is 0 Å². The van der Waals surface area contributed by atoms with Crippen LogP contribution in [0.15, 0.2) is 36.7 Å². The second-order valence-electron chi connectivity index (χ2n) is 4.33. The van der Waals surface area contributed by atoms with Crippen LogP contribution in [0, 0.1) is 6.92 Å². The van der Waals surface area contributed by atoms with Crippen molar-refractivity contribution in [2.45, 2.75) is 13.3 Å². The van der Waals surface area contributed by atoms with Crippen LogP contribution in [0.2, 0.25) is 0 Å². The summed E-state index contributed by atoms with van der Waals surface area (Å²) in [4.78, 5) is 28.3. The molecule has 6 nitrogen and oxygen atoms in total. The number of anilines is 2.